The number of para-hydroxylation sites is 1. The molecule has 2 rings (SSSR count). The monoisotopic (exact) mass is 313 g/mol. The molecule has 0 bridgehead atoms. The molecule has 7 heteroatoms. The average molecular weight is 314 g/mol. The molecule has 108 valence electrons. The molecule has 0 radical (unpaired) electrons. The zero-order valence-electron chi connectivity index (χ0n) is 10.9. The van der Waals surface area contributed by atoms with E-state index in [1.807, 2.05) is 12.1 Å². The van der Waals surface area contributed by atoms with Crippen LogP contribution in [0.25, 0.3) is 0 Å². The van der Waals surface area contributed by atoms with Gasteiger partial charge in [-0.15, -0.1) is 12.4 Å². The summed E-state index contributed by atoms with van der Waals surface area (Å²) in [6, 6.07) is 10.3. The summed E-state index contributed by atoms with van der Waals surface area (Å²) in [5.74, 6) is 0. The van der Waals surface area contributed by atoms with Crippen LogP contribution in [0.15, 0.2) is 53.7 Å². The topological polar surface area (TPSA) is 76.3 Å². The lowest BCUT2D eigenvalue weighted by atomic mass is 10.2. The van der Waals surface area contributed by atoms with Crippen LogP contribution < -0.4 is 10.0 Å². The van der Waals surface area contributed by atoms with Crippen LogP contribution in [-0.2, 0) is 16.6 Å². The van der Waals surface area contributed by atoms with Gasteiger partial charge in [-0.25, -0.2) is 8.42 Å². The second-order valence-electron chi connectivity index (χ2n) is 3.99. The fourth-order valence-electron chi connectivity index (χ4n) is 1.78. The van der Waals surface area contributed by atoms with Gasteiger partial charge in [0.15, 0.2) is 0 Å². The minimum Gasteiger partial charge on any atom is -0.326 e. The highest BCUT2D eigenvalue weighted by atomic mass is 35.5. The van der Waals surface area contributed by atoms with E-state index in [1.165, 1.54) is 29.8 Å². The van der Waals surface area contributed by atoms with Crippen LogP contribution in [0.2, 0.25) is 0 Å². The van der Waals surface area contributed by atoms with Crippen LogP contribution in [0.5, 0.6) is 0 Å². The first kappa shape index (κ1) is 16.4. The van der Waals surface area contributed by atoms with E-state index in [4.69, 9.17) is 5.73 Å². The molecule has 2 N–H and O–H groups in total. The van der Waals surface area contributed by atoms with Crippen molar-refractivity contribution in [2.24, 2.45) is 5.73 Å². The SMILES string of the molecule is CN(c1ccccc1CN)S(=O)(=O)c1cccnc1.Cl. The predicted molar refractivity (Wildman–Crippen MR) is 81.4 cm³/mol. The molecule has 1 aromatic heterocycles. The number of anilines is 1. The molecule has 0 aliphatic rings. The van der Waals surface area contributed by atoms with E-state index in [0.717, 1.165) is 5.56 Å². The molecule has 5 nitrogen and oxygen atoms in total. The molecule has 1 aromatic carbocycles. The first-order valence-corrected chi connectivity index (χ1v) is 7.18. The Morgan fingerprint density at radius 3 is 2.50 bits per heavy atom. The van der Waals surface area contributed by atoms with E-state index >= 15 is 0 Å². The van der Waals surface area contributed by atoms with Crippen molar-refractivity contribution < 1.29 is 8.42 Å². The Balaban J connectivity index is 0.00000200. The Bertz CT molecular complexity index is 662. The molecule has 0 atom stereocenters. The zero-order chi connectivity index (χ0) is 13.9. The molecular weight excluding hydrogens is 298 g/mol. The van der Waals surface area contributed by atoms with Gasteiger partial charge >= 0.3 is 0 Å². The number of nitrogens with zero attached hydrogens (tertiary/aromatic N) is 2. The maximum atomic E-state index is 12.4. The van der Waals surface area contributed by atoms with Crippen molar-refractivity contribution in [2.45, 2.75) is 11.4 Å². The highest BCUT2D eigenvalue weighted by molar-refractivity contribution is 7.92. The number of rotatable bonds is 4. The standard InChI is InChI=1S/C13H15N3O2S.ClH/c1-16(13-7-3-2-5-11(13)9-14)19(17,18)12-6-4-8-15-10-12;/h2-8,10H,9,14H2,1H3;1H. The van der Waals surface area contributed by atoms with Gasteiger partial charge in [0.05, 0.1) is 5.69 Å². The van der Waals surface area contributed by atoms with Gasteiger partial charge in [0.25, 0.3) is 10.0 Å². The maximum absolute atomic E-state index is 12.4. The van der Waals surface area contributed by atoms with E-state index in [0.29, 0.717) is 5.69 Å². The van der Waals surface area contributed by atoms with E-state index in [9.17, 15) is 8.42 Å². The van der Waals surface area contributed by atoms with Crippen molar-refractivity contribution in [2.75, 3.05) is 11.4 Å². The summed E-state index contributed by atoms with van der Waals surface area (Å²) in [5.41, 5.74) is 6.99. The molecule has 0 fully saturated rings. The summed E-state index contributed by atoms with van der Waals surface area (Å²) in [4.78, 5) is 4.00. The normalized spacial score (nSPS) is 10.7. The van der Waals surface area contributed by atoms with Crippen LogP contribution in [0, 0.1) is 0 Å². The van der Waals surface area contributed by atoms with Crippen LogP contribution in [0.4, 0.5) is 5.69 Å². The van der Waals surface area contributed by atoms with Crippen LogP contribution in [-0.4, -0.2) is 20.4 Å². The van der Waals surface area contributed by atoms with Gasteiger partial charge < -0.3 is 5.73 Å². The lowest BCUT2D eigenvalue weighted by Crippen LogP contribution is -2.27. The molecule has 0 spiro atoms. The van der Waals surface area contributed by atoms with Gasteiger partial charge in [0.1, 0.15) is 4.90 Å². The van der Waals surface area contributed by atoms with Crippen molar-refractivity contribution in [1.29, 1.82) is 0 Å². The van der Waals surface area contributed by atoms with Crippen molar-refractivity contribution in [3.8, 4) is 0 Å². The number of sulfonamides is 1. The third-order valence-corrected chi connectivity index (χ3v) is 4.60. The van der Waals surface area contributed by atoms with Gasteiger partial charge in [-0.05, 0) is 23.8 Å². The second-order valence-corrected chi connectivity index (χ2v) is 5.96. The van der Waals surface area contributed by atoms with E-state index < -0.39 is 10.0 Å². The number of hydrogen-bond acceptors (Lipinski definition) is 4. The third kappa shape index (κ3) is 3.09. The number of benzene rings is 1. The summed E-state index contributed by atoms with van der Waals surface area (Å²) >= 11 is 0. The molecule has 0 saturated carbocycles. The fraction of sp³-hybridized carbons (Fsp3) is 0.154. The second kappa shape index (κ2) is 6.69. The van der Waals surface area contributed by atoms with Crippen LogP contribution in [0.3, 0.4) is 0 Å². The molecule has 20 heavy (non-hydrogen) atoms. The quantitative estimate of drug-likeness (QED) is 0.933. The fourth-order valence-corrected chi connectivity index (χ4v) is 2.98. The molecule has 1 heterocycles. The molecular formula is C13H16ClN3O2S. The third-order valence-electron chi connectivity index (χ3n) is 2.84. The summed E-state index contributed by atoms with van der Waals surface area (Å²) < 4.78 is 26.1. The number of hydrogen-bond donors (Lipinski definition) is 1. The van der Waals surface area contributed by atoms with Crippen molar-refractivity contribution in [3.63, 3.8) is 0 Å². The Labute approximate surface area is 124 Å². The highest BCUT2D eigenvalue weighted by Crippen LogP contribution is 2.24. The van der Waals surface area contributed by atoms with Gasteiger partial charge in [0, 0.05) is 26.0 Å². The Morgan fingerprint density at radius 1 is 1.20 bits per heavy atom. The van der Waals surface area contributed by atoms with Crippen molar-refractivity contribution >= 4 is 28.1 Å². The largest absolute Gasteiger partial charge is 0.326 e. The number of pyridine rings is 1. The summed E-state index contributed by atoms with van der Waals surface area (Å²) in [7, 11) is -2.10. The number of nitrogens with two attached hydrogens (primary N) is 1. The van der Waals surface area contributed by atoms with Gasteiger partial charge in [-0.2, -0.15) is 0 Å². The molecule has 0 amide bonds. The Morgan fingerprint density at radius 2 is 1.90 bits per heavy atom. The van der Waals surface area contributed by atoms with E-state index in [-0.39, 0.29) is 23.8 Å². The van der Waals surface area contributed by atoms with Crippen molar-refractivity contribution in [3.05, 3.63) is 54.4 Å². The van der Waals surface area contributed by atoms with Gasteiger partial charge in [-0.3, -0.25) is 9.29 Å². The summed E-state index contributed by atoms with van der Waals surface area (Å²) in [6.45, 7) is 0.281. The van der Waals surface area contributed by atoms with Gasteiger partial charge in [0.2, 0.25) is 0 Å². The Kier molecular flexibility index (Phi) is 5.50. The molecule has 0 aliphatic heterocycles. The number of aromatic nitrogens is 1. The first-order valence-electron chi connectivity index (χ1n) is 5.74. The average Bonchev–Trinajstić information content (AvgIpc) is 2.47. The van der Waals surface area contributed by atoms with E-state index in [2.05, 4.69) is 4.98 Å². The van der Waals surface area contributed by atoms with Crippen LogP contribution >= 0.6 is 12.4 Å². The lowest BCUT2D eigenvalue weighted by Gasteiger charge is -2.21. The van der Waals surface area contributed by atoms with E-state index in [1.54, 1.807) is 18.2 Å². The minimum absolute atomic E-state index is 0. The lowest BCUT2D eigenvalue weighted by molar-refractivity contribution is 0.594. The summed E-state index contributed by atoms with van der Waals surface area (Å²) in [5, 5.41) is 0. The molecule has 0 unspecified atom stereocenters. The first-order chi connectivity index (χ1) is 9.07. The molecule has 0 aliphatic carbocycles. The molecule has 0 saturated heterocycles. The minimum atomic E-state index is -3.61. The van der Waals surface area contributed by atoms with Crippen LogP contribution in [0.1, 0.15) is 5.56 Å². The van der Waals surface area contributed by atoms with Crippen molar-refractivity contribution in [1.82, 2.24) is 4.98 Å². The summed E-state index contributed by atoms with van der Waals surface area (Å²) in [6.07, 6.45) is 2.86. The highest BCUT2D eigenvalue weighted by Gasteiger charge is 2.22. The zero-order valence-corrected chi connectivity index (χ0v) is 12.6. The number of halogens is 1. The maximum Gasteiger partial charge on any atom is 0.265 e. The molecule has 2 aromatic rings. The van der Waals surface area contributed by atoms with Gasteiger partial charge in [-0.1, -0.05) is 18.2 Å². The smallest absolute Gasteiger partial charge is 0.265 e. The predicted octanol–water partition coefficient (Wildman–Crippen LogP) is 1.79. The Hall–Kier alpha value is -1.63.